The van der Waals surface area contributed by atoms with Crippen LogP contribution in [0.15, 0.2) is 17.0 Å². The number of nitrogens with zero attached hydrogens (tertiary/aromatic N) is 1. The van der Waals surface area contributed by atoms with Gasteiger partial charge in [0, 0.05) is 11.6 Å². The van der Waals surface area contributed by atoms with Crippen molar-refractivity contribution in [3.63, 3.8) is 0 Å². The van der Waals surface area contributed by atoms with Crippen molar-refractivity contribution in [2.75, 3.05) is 25.4 Å². The van der Waals surface area contributed by atoms with E-state index in [9.17, 15) is 26.0 Å². The highest BCUT2D eigenvalue weighted by atomic mass is 35.5. The second-order valence-electron chi connectivity index (χ2n) is 3.98. The van der Waals surface area contributed by atoms with Crippen LogP contribution in [0.1, 0.15) is 0 Å². The first-order valence-electron chi connectivity index (χ1n) is 5.41. The third-order valence-corrected chi connectivity index (χ3v) is 4.42. The highest BCUT2D eigenvalue weighted by Crippen LogP contribution is 2.29. The zero-order valence-electron chi connectivity index (χ0n) is 10.4. The Bertz CT molecular complexity index is 621. The van der Waals surface area contributed by atoms with E-state index in [0.717, 1.165) is 6.07 Å². The molecule has 0 aliphatic carbocycles. The fourth-order valence-electron chi connectivity index (χ4n) is 1.51. The fraction of sp³-hybridized carbons (Fsp3) is 0.400. The first-order valence-corrected chi connectivity index (χ1v) is 7.23. The van der Waals surface area contributed by atoms with Crippen LogP contribution >= 0.6 is 11.6 Å². The molecule has 1 aromatic rings. The van der Waals surface area contributed by atoms with Gasteiger partial charge in [0.1, 0.15) is 11.4 Å². The molecule has 0 radical (unpaired) electrons. The predicted octanol–water partition coefficient (Wildman–Crippen LogP) is 1.61. The van der Waals surface area contributed by atoms with Crippen molar-refractivity contribution in [2.45, 2.75) is 11.1 Å². The molecule has 11 heteroatoms. The summed E-state index contributed by atoms with van der Waals surface area (Å²) in [5, 5.41) is 8.46. The quantitative estimate of drug-likeness (QED) is 0.624. The number of anilines is 1. The molecule has 1 rings (SSSR count). The Morgan fingerprint density at radius 2 is 1.90 bits per heavy atom. The lowest BCUT2D eigenvalue weighted by atomic mass is 10.3. The van der Waals surface area contributed by atoms with Crippen LogP contribution in [0.5, 0.6) is 0 Å². The van der Waals surface area contributed by atoms with Crippen LogP contribution in [0.3, 0.4) is 0 Å². The minimum Gasteiger partial charge on any atom is -0.396 e. The molecule has 0 aromatic heterocycles. The number of rotatable bonds is 5. The normalized spacial score (nSPS) is 12.9. The minimum absolute atomic E-state index is 0.0960. The summed E-state index contributed by atoms with van der Waals surface area (Å²) in [5.41, 5.74) is 4.59. The molecule has 0 atom stereocenters. The first-order chi connectivity index (χ1) is 9.49. The summed E-state index contributed by atoms with van der Waals surface area (Å²) in [6.45, 7) is -3.59. The van der Waals surface area contributed by atoms with Crippen molar-refractivity contribution in [3.8, 4) is 0 Å². The van der Waals surface area contributed by atoms with Crippen molar-refractivity contribution >= 4 is 27.3 Å². The standard InChI is InChI=1S/C10H11ClF4N2O3S/c11-6-3-7(16)9(12)8(4-6)21(19,20)17(1-2-18)5-10(13,14)15/h3-4,18H,1-2,5,16H2. The topological polar surface area (TPSA) is 83.6 Å². The molecule has 21 heavy (non-hydrogen) atoms. The number of sulfonamides is 1. The van der Waals surface area contributed by atoms with Gasteiger partial charge in [0.15, 0.2) is 5.82 Å². The summed E-state index contributed by atoms with van der Waals surface area (Å²) in [4.78, 5) is -1.08. The van der Waals surface area contributed by atoms with Gasteiger partial charge in [-0.15, -0.1) is 0 Å². The SMILES string of the molecule is Nc1cc(Cl)cc(S(=O)(=O)N(CCO)CC(F)(F)F)c1F. The molecule has 0 bridgehead atoms. The Labute approximate surface area is 123 Å². The van der Waals surface area contributed by atoms with E-state index in [0.29, 0.717) is 6.07 Å². The van der Waals surface area contributed by atoms with Gasteiger partial charge >= 0.3 is 6.18 Å². The smallest absolute Gasteiger partial charge is 0.396 e. The number of halogens is 5. The number of aliphatic hydroxyl groups excluding tert-OH is 1. The van der Waals surface area contributed by atoms with Crippen molar-refractivity contribution < 1.29 is 31.1 Å². The molecule has 0 unspecified atom stereocenters. The fourth-order valence-corrected chi connectivity index (χ4v) is 3.34. The molecule has 0 spiro atoms. The second kappa shape index (κ2) is 6.34. The van der Waals surface area contributed by atoms with Gasteiger partial charge in [-0.1, -0.05) is 11.6 Å². The van der Waals surface area contributed by atoms with Crippen molar-refractivity contribution in [2.24, 2.45) is 0 Å². The molecule has 120 valence electrons. The van der Waals surface area contributed by atoms with Gasteiger partial charge < -0.3 is 10.8 Å². The lowest BCUT2D eigenvalue weighted by Crippen LogP contribution is -2.41. The number of alkyl halides is 3. The van der Waals surface area contributed by atoms with Crippen molar-refractivity contribution in [3.05, 3.63) is 23.0 Å². The number of benzene rings is 1. The number of hydrogen-bond acceptors (Lipinski definition) is 4. The molecule has 1 aromatic carbocycles. The Hall–Kier alpha value is -1.10. The molecule has 3 N–H and O–H groups in total. The average Bonchev–Trinajstić information content (AvgIpc) is 2.31. The van der Waals surface area contributed by atoms with E-state index < -0.39 is 52.3 Å². The maximum atomic E-state index is 13.8. The second-order valence-corrected chi connectivity index (χ2v) is 6.33. The number of hydrogen-bond donors (Lipinski definition) is 2. The number of aliphatic hydroxyl groups is 1. The first kappa shape index (κ1) is 18.0. The molecular weight excluding hydrogens is 340 g/mol. The average molecular weight is 351 g/mol. The summed E-state index contributed by atoms with van der Waals surface area (Å²) < 4.78 is 75.1. The zero-order valence-corrected chi connectivity index (χ0v) is 11.9. The van der Waals surface area contributed by atoms with E-state index >= 15 is 0 Å². The Morgan fingerprint density at radius 3 is 2.38 bits per heavy atom. The van der Waals surface area contributed by atoms with Crippen LogP contribution in [0.25, 0.3) is 0 Å². The summed E-state index contributed by atoms with van der Waals surface area (Å²) in [5.74, 6) is -1.40. The van der Waals surface area contributed by atoms with Crippen LogP contribution in [-0.2, 0) is 10.0 Å². The highest BCUT2D eigenvalue weighted by Gasteiger charge is 2.38. The zero-order chi connectivity index (χ0) is 16.4. The Kier molecular flexibility index (Phi) is 5.42. The van der Waals surface area contributed by atoms with Gasteiger partial charge in [-0.3, -0.25) is 0 Å². The molecule has 0 saturated heterocycles. The summed E-state index contributed by atoms with van der Waals surface area (Å²) in [6, 6.07) is 1.58. The van der Waals surface area contributed by atoms with Gasteiger partial charge in [-0.05, 0) is 12.1 Å². The van der Waals surface area contributed by atoms with E-state index in [-0.39, 0.29) is 9.33 Å². The molecule has 0 heterocycles. The van der Waals surface area contributed by atoms with Crippen LogP contribution < -0.4 is 5.73 Å². The van der Waals surface area contributed by atoms with Gasteiger partial charge in [0.05, 0.1) is 12.3 Å². The minimum atomic E-state index is -4.86. The van der Waals surface area contributed by atoms with Gasteiger partial charge in [-0.25, -0.2) is 12.8 Å². The molecule has 0 aliphatic rings. The third-order valence-electron chi connectivity index (χ3n) is 2.36. The van der Waals surface area contributed by atoms with Crippen LogP contribution in [0, 0.1) is 5.82 Å². The summed E-state index contributed by atoms with van der Waals surface area (Å²) in [6.07, 6.45) is -4.86. The van der Waals surface area contributed by atoms with Gasteiger partial charge in [0.2, 0.25) is 10.0 Å². The molecule has 0 fully saturated rings. The molecule has 0 amide bonds. The largest absolute Gasteiger partial charge is 0.402 e. The van der Waals surface area contributed by atoms with Crippen LogP contribution in [0.2, 0.25) is 5.02 Å². The lowest BCUT2D eigenvalue weighted by molar-refractivity contribution is -0.136. The van der Waals surface area contributed by atoms with E-state index in [1.165, 1.54) is 0 Å². The van der Waals surface area contributed by atoms with Gasteiger partial charge in [0.25, 0.3) is 0 Å². The summed E-state index contributed by atoms with van der Waals surface area (Å²) >= 11 is 5.54. The van der Waals surface area contributed by atoms with Crippen LogP contribution in [-0.4, -0.2) is 43.7 Å². The monoisotopic (exact) mass is 350 g/mol. The molecule has 5 nitrogen and oxygen atoms in total. The summed E-state index contributed by atoms with van der Waals surface area (Å²) in [7, 11) is -4.86. The highest BCUT2D eigenvalue weighted by molar-refractivity contribution is 7.89. The maximum absolute atomic E-state index is 13.8. The van der Waals surface area contributed by atoms with Crippen molar-refractivity contribution in [1.82, 2.24) is 4.31 Å². The van der Waals surface area contributed by atoms with Crippen LogP contribution in [0.4, 0.5) is 23.2 Å². The van der Waals surface area contributed by atoms with E-state index in [1.54, 1.807) is 0 Å². The molecular formula is C10H11ClF4N2O3S. The number of nitrogen functional groups attached to an aromatic ring is 1. The third kappa shape index (κ3) is 4.43. The van der Waals surface area contributed by atoms with E-state index in [1.807, 2.05) is 0 Å². The maximum Gasteiger partial charge on any atom is 0.402 e. The van der Waals surface area contributed by atoms with Gasteiger partial charge in [-0.2, -0.15) is 17.5 Å². The Balaban J connectivity index is 3.36. The van der Waals surface area contributed by atoms with Crippen molar-refractivity contribution in [1.29, 1.82) is 0 Å². The lowest BCUT2D eigenvalue weighted by Gasteiger charge is -2.23. The molecule has 0 aliphatic heterocycles. The Morgan fingerprint density at radius 1 is 1.33 bits per heavy atom. The predicted molar refractivity (Wildman–Crippen MR) is 67.7 cm³/mol. The number of nitrogens with two attached hydrogens (primary N) is 1. The van der Waals surface area contributed by atoms with E-state index in [4.69, 9.17) is 22.4 Å². The van der Waals surface area contributed by atoms with E-state index in [2.05, 4.69) is 0 Å². The molecule has 0 saturated carbocycles.